The Hall–Kier alpha value is -2.37. The van der Waals surface area contributed by atoms with E-state index in [1.165, 1.54) is 0 Å². The third-order valence-electron chi connectivity index (χ3n) is 4.11. The van der Waals surface area contributed by atoms with Crippen molar-refractivity contribution >= 4 is 22.8 Å². The van der Waals surface area contributed by atoms with Crippen molar-refractivity contribution in [2.24, 2.45) is 7.05 Å². The first-order chi connectivity index (χ1) is 9.99. The van der Waals surface area contributed by atoms with Crippen molar-refractivity contribution in [1.82, 2.24) is 19.4 Å². The average molecular weight is 286 g/mol. The fourth-order valence-electron chi connectivity index (χ4n) is 2.73. The minimum Gasteiger partial charge on any atom is -0.342 e. The minimum absolute atomic E-state index is 0.0199. The van der Waals surface area contributed by atoms with Gasteiger partial charge in [0.25, 0.3) is 5.91 Å². The van der Waals surface area contributed by atoms with Gasteiger partial charge in [-0.1, -0.05) is 0 Å². The summed E-state index contributed by atoms with van der Waals surface area (Å²) in [5.41, 5.74) is 2.34. The van der Waals surface area contributed by atoms with Crippen LogP contribution in [0.25, 0.3) is 11.0 Å². The van der Waals surface area contributed by atoms with Gasteiger partial charge in [0, 0.05) is 32.7 Å². The molecule has 1 aliphatic heterocycles. The van der Waals surface area contributed by atoms with Crippen LogP contribution in [-0.4, -0.2) is 57.3 Å². The van der Waals surface area contributed by atoms with Gasteiger partial charge in [0.2, 0.25) is 5.91 Å². The smallest absolute Gasteiger partial charge is 0.254 e. The molecular formula is C15H18N4O2. The zero-order valence-corrected chi connectivity index (χ0v) is 12.4. The molecule has 1 aromatic carbocycles. The van der Waals surface area contributed by atoms with Gasteiger partial charge in [0.1, 0.15) is 6.04 Å². The monoisotopic (exact) mass is 286 g/mol. The van der Waals surface area contributed by atoms with Crippen LogP contribution in [0.2, 0.25) is 0 Å². The number of rotatable bonds is 1. The first-order valence-corrected chi connectivity index (χ1v) is 6.96. The fourth-order valence-corrected chi connectivity index (χ4v) is 2.73. The average Bonchev–Trinajstić information content (AvgIpc) is 2.85. The molecule has 2 amide bonds. The SMILES string of the molecule is CC1C(=O)N(C)CCN1C(=O)c1ccc2c(c1)ncn2C. The fraction of sp³-hybridized carbons (Fsp3) is 0.400. The van der Waals surface area contributed by atoms with E-state index in [4.69, 9.17) is 0 Å². The number of amides is 2. The predicted molar refractivity (Wildman–Crippen MR) is 78.8 cm³/mol. The Labute approximate surface area is 123 Å². The van der Waals surface area contributed by atoms with E-state index in [0.717, 1.165) is 11.0 Å². The van der Waals surface area contributed by atoms with Crippen LogP contribution < -0.4 is 0 Å². The van der Waals surface area contributed by atoms with Gasteiger partial charge < -0.3 is 14.4 Å². The molecule has 0 spiro atoms. The van der Waals surface area contributed by atoms with Crippen molar-refractivity contribution in [2.75, 3.05) is 20.1 Å². The molecule has 1 fully saturated rings. The van der Waals surface area contributed by atoms with Crippen molar-refractivity contribution in [3.63, 3.8) is 0 Å². The van der Waals surface area contributed by atoms with Crippen LogP contribution in [-0.2, 0) is 11.8 Å². The highest BCUT2D eigenvalue weighted by molar-refractivity contribution is 6.00. The summed E-state index contributed by atoms with van der Waals surface area (Å²) in [6.45, 7) is 2.90. The van der Waals surface area contributed by atoms with Crippen LogP contribution in [0.3, 0.4) is 0 Å². The number of benzene rings is 1. The molecule has 2 heterocycles. The first kappa shape index (κ1) is 13.6. The largest absolute Gasteiger partial charge is 0.342 e. The number of nitrogens with zero attached hydrogens (tertiary/aromatic N) is 4. The lowest BCUT2D eigenvalue weighted by atomic mass is 10.1. The molecule has 6 heteroatoms. The molecular weight excluding hydrogens is 268 g/mol. The Kier molecular flexibility index (Phi) is 3.16. The first-order valence-electron chi connectivity index (χ1n) is 6.96. The molecule has 2 aromatic rings. The summed E-state index contributed by atoms with van der Waals surface area (Å²) in [6.07, 6.45) is 1.72. The van der Waals surface area contributed by atoms with E-state index in [2.05, 4.69) is 4.98 Å². The second-order valence-corrected chi connectivity index (χ2v) is 5.49. The molecule has 110 valence electrons. The Bertz CT molecular complexity index is 722. The van der Waals surface area contributed by atoms with Crippen molar-refractivity contribution in [3.8, 4) is 0 Å². The minimum atomic E-state index is -0.421. The van der Waals surface area contributed by atoms with Gasteiger partial charge >= 0.3 is 0 Å². The van der Waals surface area contributed by atoms with Crippen LogP contribution >= 0.6 is 0 Å². The zero-order chi connectivity index (χ0) is 15.1. The zero-order valence-electron chi connectivity index (χ0n) is 12.4. The standard InChI is InChI=1S/C15H18N4O2/c1-10-14(20)17(2)6-7-19(10)15(21)11-4-5-13-12(8-11)16-9-18(13)3/h4-5,8-10H,6-7H2,1-3H3. The number of fused-ring (bicyclic) bond motifs is 1. The van der Waals surface area contributed by atoms with Crippen molar-refractivity contribution in [3.05, 3.63) is 30.1 Å². The normalized spacial score (nSPS) is 19.4. The number of imidazole rings is 1. The lowest BCUT2D eigenvalue weighted by Crippen LogP contribution is -2.56. The Balaban J connectivity index is 1.91. The molecule has 1 saturated heterocycles. The van der Waals surface area contributed by atoms with Crippen LogP contribution in [0.4, 0.5) is 0 Å². The van der Waals surface area contributed by atoms with Gasteiger partial charge in [-0.2, -0.15) is 0 Å². The number of likely N-dealkylation sites (N-methyl/N-ethyl adjacent to an activating group) is 1. The van der Waals surface area contributed by atoms with Crippen molar-refractivity contribution in [2.45, 2.75) is 13.0 Å². The third-order valence-corrected chi connectivity index (χ3v) is 4.11. The predicted octanol–water partition coefficient (Wildman–Crippen LogP) is 0.876. The van der Waals surface area contributed by atoms with E-state index in [1.54, 1.807) is 42.2 Å². The number of carbonyl (C=O) groups is 2. The molecule has 1 aliphatic rings. The quantitative estimate of drug-likeness (QED) is 0.782. The van der Waals surface area contributed by atoms with Crippen LogP contribution in [0.1, 0.15) is 17.3 Å². The summed E-state index contributed by atoms with van der Waals surface area (Å²) in [4.78, 5) is 32.2. The lowest BCUT2D eigenvalue weighted by Gasteiger charge is -2.37. The molecule has 0 radical (unpaired) electrons. The molecule has 21 heavy (non-hydrogen) atoms. The topological polar surface area (TPSA) is 58.4 Å². The summed E-state index contributed by atoms with van der Waals surface area (Å²) in [7, 11) is 3.68. The maximum absolute atomic E-state index is 12.6. The Morgan fingerprint density at radius 1 is 1.29 bits per heavy atom. The van der Waals surface area contributed by atoms with Crippen molar-refractivity contribution in [1.29, 1.82) is 0 Å². The molecule has 1 unspecified atom stereocenters. The van der Waals surface area contributed by atoms with Crippen LogP contribution in [0.5, 0.6) is 0 Å². The number of aryl methyl sites for hydroxylation is 1. The maximum atomic E-state index is 12.6. The maximum Gasteiger partial charge on any atom is 0.254 e. The second kappa shape index (κ2) is 4.87. The van der Waals surface area contributed by atoms with Crippen LogP contribution in [0.15, 0.2) is 24.5 Å². The number of carbonyl (C=O) groups excluding carboxylic acids is 2. The number of piperazine rings is 1. The van der Waals surface area contributed by atoms with E-state index >= 15 is 0 Å². The molecule has 0 aliphatic carbocycles. The summed E-state index contributed by atoms with van der Waals surface area (Å²) >= 11 is 0. The molecule has 1 aromatic heterocycles. The molecule has 6 nitrogen and oxygen atoms in total. The summed E-state index contributed by atoms with van der Waals surface area (Å²) < 4.78 is 1.91. The molecule has 1 atom stereocenters. The summed E-state index contributed by atoms with van der Waals surface area (Å²) in [5.74, 6) is -0.134. The van der Waals surface area contributed by atoms with Crippen molar-refractivity contribution < 1.29 is 9.59 Å². The molecule has 3 rings (SSSR count). The van der Waals surface area contributed by atoms with E-state index in [0.29, 0.717) is 18.7 Å². The highest BCUT2D eigenvalue weighted by Crippen LogP contribution is 2.18. The highest BCUT2D eigenvalue weighted by atomic mass is 16.2. The Morgan fingerprint density at radius 2 is 2.05 bits per heavy atom. The van der Waals surface area contributed by atoms with Gasteiger partial charge in [-0.3, -0.25) is 9.59 Å². The van der Waals surface area contributed by atoms with Gasteiger partial charge in [-0.15, -0.1) is 0 Å². The van der Waals surface area contributed by atoms with E-state index in [1.807, 2.05) is 17.7 Å². The van der Waals surface area contributed by atoms with Gasteiger partial charge in [0.05, 0.1) is 17.4 Å². The highest BCUT2D eigenvalue weighted by Gasteiger charge is 2.33. The molecule has 0 N–H and O–H groups in total. The summed E-state index contributed by atoms with van der Waals surface area (Å²) in [6, 6.07) is 5.04. The van der Waals surface area contributed by atoms with E-state index in [9.17, 15) is 9.59 Å². The van der Waals surface area contributed by atoms with Gasteiger partial charge in [0.15, 0.2) is 0 Å². The third kappa shape index (κ3) is 2.16. The Morgan fingerprint density at radius 3 is 2.81 bits per heavy atom. The molecule has 0 bridgehead atoms. The lowest BCUT2D eigenvalue weighted by molar-refractivity contribution is -0.137. The molecule has 0 saturated carbocycles. The van der Waals surface area contributed by atoms with Crippen LogP contribution in [0, 0.1) is 0 Å². The number of aromatic nitrogens is 2. The van der Waals surface area contributed by atoms with E-state index < -0.39 is 6.04 Å². The number of hydrogen-bond donors (Lipinski definition) is 0. The van der Waals surface area contributed by atoms with Gasteiger partial charge in [-0.05, 0) is 25.1 Å². The summed E-state index contributed by atoms with van der Waals surface area (Å²) in [5, 5.41) is 0. The number of hydrogen-bond acceptors (Lipinski definition) is 3. The van der Waals surface area contributed by atoms with E-state index in [-0.39, 0.29) is 11.8 Å². The van der Waals surface area contributed by atoms with Gasteiger partial charge in [-0.25, -0.2) is 4.98 Å². The second-order valence-electron chi connectivity index (χ2n) is 5.49.